The van der Waals surface area contributed by atoms with Gasteiger partial charge in [-0.15, -0.1) is 0 Å². The van der Waals surface area contributed by atoms with Gasteiger partial charge >= 0.3 is 0 Å². The van der Waals surface area contributed by atoms with Crippen LogP contribution in [0.1, 0.15) is 18.1 Å². The Balaban J connectivity index is 3.14. The smallest absolute Gasteiger partial charge is 0.243 e. The van der Waals surface area contributed by atoms with E-state index in [2.05, 4.69) is 5.32 Å². The highest BCUT2D eigenvalue weighted by Crippen LogP contribution is 2.19. The second-order valence-electron chi connectivity index (χ2n) is 4.40. The molecule has 0 unspecified atom stereocenters. The van der Waals surface area contributed by atoms with Crippen LogP contribution in [0.4, 0.5) is 0 Å². The molecule has 0 aliphatic rings. The average molecular weight is 299 g/mol. The first-order chi connectivity index (χ1) is 9.36. The minimum atomic E-state index is -3.67. The number of amides is 1. The summed E-state index contributed by atoms with van der Waals surface area (Å²) in [5, 5.41) is 2.42. The molecule has 0 bridgehead atoms. The van der Waals surface area contributed by atoms with Gasteiger partial charge in [-0.25, -0.2) is 8.42 Å². The van der Waals surface area contributed by atoms with Crippen molar-refractivity contribution in [1.82, 2.24) is 9.62 Å². The summed E-state index contributed by atoms with van der Waals surface area (Å²) in [6.45, 7) is 3.92. The monoisotopic (exact) mass is 299 g/mol. The van der Waals surface area contributed by atoms with Gasteiger partial charge in [0.05, 0.1) is 11.4 Å². The van der Waals surface area contributed by atoms with E-state index >= 15 is 0 Å². The van der Waals surface area contributed by atoms with E-state index in [1.165, 1.54) is 13.1 Å². The van der Waals surface area contributed by atoms with Gasteiger partial charge in [0.1, 0.15) is 0 Å². The first-order valence-corrected chi connectivity index (χ1v) is 7.81. The molecule has 20 heavy (non-hydrogen) atoms. The van der Waals surface area contributed by atoms with E-state index in [0.29, 0.717) is 6.54 Å². The lowest BCUT2D eigenvalue weighted by Crippen LogP contribution is -2.39. The normalized spacial score (nSPS) is 11.7. The SMILES string of the molecule is CCN(CC(=O)NC)S(=O)(=O)c1ccc(CN)c(C)c1. The molecule has 0 aromatic heterocycles. The number of hydrogen-bond donors (Lipinski definition) is 2. The maximum Gasteiger partial charge on any atom is 0.243 e. The van der Waals surface area contributed by atoms with Crippen LogP contribution in [0.2, 0.25) is 0 Å². The molecule has 0 heterocycles. The lowest BCUT2D eigenvalue weighted by molar-refractivity contribution is -0.120. The van der Waals surface area contributed by atoms with Crippen molar-refractivity contribution in [2.24, 2.45) is 5.73 Å². The van der Waals surface area contributed by atoms with Gasteiger partial charge in [0.25, 0.3) is 0 Å². The predicted molar refractivity (Wildman–Crippen MR) is 77.6 cm³/mol. The molecular weight excluding hydrogens is 278 g/mol. The molecular formula is C13H21N3O3S. The Morgan fingerprint density at radius 1 is 1.40 bits per heavy atom. The van der Waals surface area contributed by atoms with Crippen LogP contribution in [0.25, 0.3) is 0 Å². The molecule has 7 heteroatoms. The second-order valence-corrected chi connectivity index (χ2v) is 6.33. The molecule has 0 saturated carbocycles. The van der Waals surface area contributed by atoms with E-state index in [1.54, 1.807) is 19.1 Å². The van der Waals surface area contributed by atoms with E-state index in [1.807, 2.05) is 6.92 Å². The first kappa shape index (κ1) is 16.6. The summed E-state index contributed by atoms with van der Waals surface area (Å²) in [7, 11) is -2.20. The van der Waals surface area contributed by atoms with E-state index in [-0.39, 0.29) is 23.9 Å². The van der Waals surface area contributed by atoms with Crippen molar-refractivity contribution in [3.63, 3.8) is 0 Å². The molecule has 0 saturated heterocycles. The molecule has 0 spiro atoms. The lowest BCUT2D eigenvalue weighted by Gasteiger charge is -2.20. The van der Waals surface area contributed by atoms with Crippen molar-refractivity contribution in [2.75, 3.05) is 20.1 Å². The average Bonchev–Trinajstić information content (AvgIpc) is 2.43. The summed E-state index contributed by atoms with van der Waals surface area (Å²) in [6, 6.07) is 4.82. The number of sulfonamides is 1. The number of carbonyl (C=O) groups excluding carboxylic acids is 1. The van der Waals surface area contributed by atoms with E-state index in [4.69, 9.17) is 5.73 Å². The largest absolute Gasteiger partial charge is 0.358 e. The molecule has 0 atom stereocenters. The van der Waals surface area contributed by atoms with Crippen LogP contribution in [-0.2, 0) is 21.4 Å². The summed E-state index contributed by atoms with van der Waals surface area (Å²) < 4.78 is 26.1. The maximum absolute atomic E-state index is 12.5. The quantitative estimate of drug-likeness (QED) is 0.785. The number of likely N-dealkylation sites (N-methyl/N-ethyl adjacent to an activating group) is 2. The van der Waals surface area contributed by atoms with Crippen molar-refractivity contribution in [1.29, 1.82) is 0 Å². The number of nitrogens with zero attached hydrogens (tertiary/aromatic N) is 1. The number of aryl methyl sites for hydroxylation is 1. The van der Waals surface area contributed by atoms with Crippen molar-refractivity contribution in [2.45, 2.75) is 25.3 Å². The van der Waals surface area contributed by atoms with Crippen LogP contribution in [0.15, 0.2) is 23.1 Å². The molecule has 1 aromatic carbocycles. The summed E-state index contributed by atoms with van der Waals surface area (Å²) in [5.74, 6) is -0.342. The highest BCUT2D eigenvalue weighted by atomic mass is 32.2. The Kier molecular flexibility index (Phi) is 5.67. The number of nitrogens with one attached hydrogen (secondary N) is 1. The predicted octanol–water partition coefficient (Wildman–Crippen LogP) is 0.210. The standard InChI is InChI=1S/C13H21N3O3S/c1-4-16(9-13(17)15-3)20(18,19)12-6-5-11(8-14)10(2)7-12/h5-7H,4,8-9,14H2,1-3H3,(H,15,17). The zero-order chi connectivity index (χ0) is 15.3. The molecule has 0 fully saturated rings. The van der Waals surface area contributed by atoms with Gasteiger partial charge in [-0.1, -0.05) is 13.0 Å². The van der Waals surface area contributed by atoms with E-state index in [0.717, 1.165) is 15.4 Å². The summed E-state index contributed by atoms with van der Waals surface area (Å²) in [6.07, 6.45) is 0. The lowest BCUT2D eigenvalue weighted by atomic mass is 10.1. The van der Waals surface area contributed by atoms with Crippen LogP contribution in [0.3, 0.4) is 0 Å². The third-order valence-electron chi connectivity index (χ3n) is 3.12. The highest BCUT2D eigenvalue weighted by Gasteiger charge is 2.25. The van der Waals surface area contributed by atoms with Crippen molar-refractivity contribution in [3.05, 3.63) is 29.3 Å². The Labute approximate surface area is 120 Å². The summed E-state index contributed by atoms with van der Waals surface area (Å²) in [4.78, 5) is 11.6. The van der Waals surface area contributed by atoms with Gasteiger partial charge in [-0.05, 0) is 30.2 Å². The van der Waals surface area contributed by atoms with Gasteiger partial charge in [0.15, 0.2) is 0 Å². The fourth-order valence-electron chi connectivity index (χ4n) is 1.81. The Morgan fingerprint density at radius 2 is 2.05 bits per heavy atom. The molecule has 112 valence electrons. The fourth-order valence-corrected chi connectivity index (χ4v) is 3.30. The van der Waals surface area contributed by atoms with Gasteiger partial charge in [-0.3, -0.25) is 4.79 Å². The Hall–Kier alpha value is -1.44. The van der Waals surface area contributed by atoms with Gasteiger partial charge < -0.3 is 11.1 Å². The van der Waals surface area contributed by atoms with Crippen molar-refractivity contribution < 1.29 is 13.2 Å². The highest BCUT2D eigenvalue weighted by molar-refractivity contribution is 7.89. The fraction of sp³-hybridized carbons (Fsp3) is 0.462. The third kappa shape index (κ3) is 3.56. The molecule has 1 amide bonds. The summed E-state index contributed by atoms with van der Waals surface area (Å²) >= 11 is 0. The Morgan fingerprint density at radius 3 is 2.50 bits per heavy atom. The van der Waals surface area contributed by atoms with Crippen LogP contribution in [-0.4, -0.2) is 38.8 Å². The molecule has 6 nitrogen and oxygen atoms in total. The van der Waals surface area contributed by atoms with Crippen molar-refractivity contribution >= 4 is 15.9 Å². The van der Waals surface area contributed by atoms with Crippen LogP contribution < -0.4 is 11.1 Å². The number of benzene rings is 1. The van der Waals surface area contributed by atoms with Gasteiger partial charge in [0.2, 0.25) is 15.9 Å². The molecule has 3 N–H and O–H groups in total. The van der Waals surface area contributed by atoms with Crippen LogP contribution in [0, 0.1) is 6.92 Å². The third-order valence-corrected chi connectivity index (χ3v) is 5.04. The zero-order valence-electron chi connectivity index (χ0n) is 12.0. The molecule has 0 radical (unpaired) electrons. The number of nitrogens with two attached hydrogens (primary N) is 1. The maximum atomic E-state index is 12.5. The Bertz CT molecular complexity index is 585. The molecule has 1 rings (SSSR count). The topological polar surface area (TPSA) is 92.5 Å². The zero-order valence-corrected chi connectivity index (χ0v) is 12.8. The van der Waals surface area contributed by atoms with Gasteiger partial charge in [0, 0.05) is 20.1 Å². The van der Waals surface area contributed by atoms with Crippen molar-refractivity contribution in [3.8, 4) is 0 Å². The first-order valence-electron chi connectivity index (χ1n) is 6.37. The molecule has 1 aromatic rings. The molecule has 0 aliphatic heterocycles. The van der Waals surface area contributed by atoms with E-state index < -0.39 is 10.0 Å². The minimum absolute atomic E-state index is 0.179. The van der Waals surface area contributed by atoms with Gasteiger partial charge in [-0.2, -0.15) is 4.31 Å². The second kappa shape index (κ2) is 6.83. The summed E-state index contributed by atoms with van der Waals surface area (Å²) in [5.41, 5.74) is 7.29. The van der Waals surface area contributed by atoms with Crippen LogP contribution >= 0.6 is 0 Å². The number of hydrogen-bond acceptors (Lipinski definition) is 4. The minimum Gasteiger partial charge on any atom is -0.358 e. The van der Waals surface area contributed by atoms with Crippen LogP contribution in [0.5, 0.6) is 0 Å². The van der Waals surface area contributed by atoms with E-state index in [9.17, 15) is 13.2 Å². The molecule has 0 aliphatic carbocycles. The number of carbonyl (C=O) groups is 1. The number of rotatable bonds is 6.